The highest BCUT2D eigenvalue weighted by Gasteiger charge is 2.38. The third-order valence-electron chi connectivity index (χ3n) is 4.55. The molecule has 0 bridgehead atoms. The van der Waals surface area contributed by atoms with E-state index < -0.39 is 17.1 Å². The van der Waals surface area contributed by atoms with Crippen molar-refractivity contribution < 1.29 is 18.1 Å². The maximum Gasteiger partial charge on any atom is 0.552 e. The standard InChI is InChI=1S/C14H16BN3O4S/c16-23(20,21)7-8-3-9(4-8)11-5-15(19)22-12-6-18-14-10(13(11)12)1-2-17-14/h1-2,5-6,8-9,19H,3-4,7H2,(H,17,18)(H2,16,20,21)/t8-,9+. The maximum absolute atomic E-state index is 11.2. The highest BCUT2D eigenvalue weighted by molar-refractivity contribution is 7.89. The maximum atomic E-state index is 11.2. The van der Waals surface area contributed by atoms with Crippen molar-refractivity contribution in [1.29, 1.82) is 0 Å². The summed E-state index contributed by atoms with van der Waals surface area (Å²) in [5, 5.41) is 16.0. The molecule has 0 atom stereocenters. The highest BCUT2D eigenvalue weighted by Crippen LogP contribution is 2.48. The highest BCUT2D eigenvalue weighted by atomic mass is 32.2. The van der Waals surface area contributed by atoms with Crippen LogP contribution in [0.15, 0.2) is 24.4 Å². The Hall–Kier alpha value is -1.84. The van der Waals surface area contributed by atoms with E-state index in [1.165, 1.54) is 0 Å². The molecule has 4 N–H and O–H groups in total. The molecule has 9 heteroatoms. The van der Waals surface area contributed by atoms with Gasteiger partial charge in [-0.25, -0.2) is 18.5 Å². The van der Waals surface area contributed by atoms with E-state index in [-0.39, 0.29) is 17.6 Å². The van der Waals surface area contributed by atoms with Crippen LogP contribution < -0.4 is 9.79 Å². The quantitative estimate of drug-likeness (QED) is 0.714. The molecule has 120 valence electrons. The zero-order valence-electron chi connectivity index (χ0n) is 12.3. The van der Waals surface area contributed by atoms with E-state index in [0.29, 0.717) is 5.75 Å². The van der Waals surface area contributed by atoms with E-state index in [2.05, 4.69) is 9.97 Å². The zero-order chi connectivity index (χ0) is 16.2. The number of allylic oxidation sites excluding steroid dienone is 1. The molecule has 1 aliphatic heterocycles. The second-order valence-corrected chi connectivity index (χ2v) is 7.89. The van der Waals surface area contributed by atoms with Crippen molar-refractivity contribution >= 4 is 33.7 Å². The SMILES string of the molecule is NS(=O)(=O)C[C@H]1C[C@@H](C2=CB(O)Oc3cnc4[nH]ccc4c32)C1. The number of nitrogens with two attached hydrogens (primary N) is 1. The van der Waals surface area contributed by atoms with Gasteiger partial charge < -0.3 is 14.7 Å². The van der Waals surface area contributed by atoms with Gasteiger partial charge in [0.1, 0.15) is 11.4 Å². The lowest BCUT2D eigenvalue weighted by molar-refractivity contribution is 0.273. The van der Waals surface area contributed by atoms with E-state index in [0.717, 1.165) is 35.0 Å². The molecule has 2 aromatic rings. The average Bonchev–Trinajstić information content (AvgIpc) is 2.88. The molecule has 3 heterocycles. The Kier molecular flexibility index (Phi) is 3.26. The molecule has 1 saturated carbocycles. The van der Waals surface area contributed by atoms with Gasteiger partial charge in [0.15, 0.2) is 0 Å². The van der Waals surface area contributed by atoms with Crippen LogP contribution >= 0.6 is 0 Å². The number of aromatic nitrogens is 2. The largest absolute Gasteiger partial charge is 0.552 e. The van der Waals surface area contributed by atoms with Crippen LogP contribution in [0.2, 0.25) is 0 Å². The van der Waals surface area contributed by atoms with E-state index in [4.69, 9.17) is 9.79 Å². The zero-order valence-corrected chi connectivity index (χ0v) is 13.1. The monoisotopic (exact) mass is 333 g/mol. The lowest BCUT2D eigenvalue weighted by atomic mass is 9.66. The average molecular weight is 333 g/mol. The van der Waals surface area contributed by atoms with Crippen molar-refractivity contribution in [3.63, 3.8) is 0 Å². The summed E-state index contributed by atoms with van der Waals surface area (Å²) in [5.74, 6) is 2.53. The molecule has 7 nitrogen and oxygen atoms in total. The Balaban J connectivity index is 1.66. The number of hydrogen-bond donors (Lipinski definition) is 3. The van der Waals surface area contributed by atoms with Gasteiger partial charge in [-0.15, -0.1) is 0 Å². The summed E-state index contributed by atoms with van der Waals surface area (Å²) in [6, 6.07) is 1.93. The Bertz CT molecular complexity index is 902. The van der Waals surface area contributed by atoms with Crippen LogP contribution in [0.4, 0.5) is 0 Å². The third-order valence-corrected chi connectivity index (χ3v) is 5.49. The van der Waals surface area contributed by atoms with E-state index >= 15 is 0 Å². The number of fused-ring (bicyclic) bond motifs is 3. The Morgan fingerprint density at radius 1 is 1.48 bits per heavy atom. The van der Waals surface area contributed by atoms with Gasteiger partial charge in [0.05, 0.1) is 11.9 Å². The van der Waals surface area contributed by atoms with Gasteiger partial charge in [0.25, 0.3) is 0 Å². The molecule has 0 aromatic carbocycles. The normalized spacial score (nSPS) is 23.9. The molecule has 1 aliphatic carbocycles. The Labute approximate surface area is 133 Å². The summed E-state index contributed by atoms with van der Waals surface area (Å²) >= 11 is 0. The van der Waals surface area contributed by atoms with Crippen molar-refractivity contribution in [2.75, 3.05) is 5.75 Å². The number of rotatable bonds is 3. The minimum absolute atomic E-state index is 0.0125. The summed E-state index contributed by atoms with van der Waals surface area (Å²) < 4.78 is 27.8. The molecule has 23 heavy (non-hydrogen) atoms. The lowest BCUT2D eigenvalue weighted by Gasteiger charge is -2.38. The molecule has 0 radical (unpaired) electrons. The minimum atomic E-state index is -3.44. The van der Waals surface area contributed by atoms with Crippen molar-refractivity contribution in [3.8, 4) is 5.75 Å². The van der Waals surface area contributed by atoms with Crippen LogP contribution in [0.3, 0.4) is 0 Å². The van der Waals surface area contributed by atoms with Crippen LogP contribution in [0.5, 0.6) is 5.75 Å². The molecule has 4 rings (SSSR count). The van der Waals surface area contributed by atoms with Crippen molar-refractivity contribution in [2.24, 2.45) is 17.0 Å². The third kappa shape index (κ3) is 2.64. The fourth-order valence-electron chi connectivity index (χ4n) is 3.57. The van der Waals surface area contributed by atoms with E-state index in [1.54, 1.807) is 12.2 Å². The first-order chi connectivity index (χ1) is 10.9. The number of nitrogens with one attached hydrogen (secondary N) is 1. The number of pyridine rings is 1. The molecular formula is C14H16BN3O4S. The van der Waals surface area contributed by atoms with Crippen LogP contribution in [0.1, 0.15) is 18.4 Å². The van der Waals surface area contributed by atoms with Gasteiger partial charge >= 0.3 is 7.12 Å². The number of H-pyrrole nitrogens is 1. The van der Waals surface area contributed by atoms with Crippen LogP contribution in [-0.4, -0.2) is 36.3 Å². The number of hydrogen-bond acceptors (Lipinski definition) is 5. The molecule has 2 aromatic heterocycles. The summed E-state index contributed by atoms with van der Waals surface area (Å²) in [6.45, 7) is 0. The smallest absolute Gasteiger partial charge is 0.531 e. The fourth-order valence-corrected chi connectivity index (χ4v) is 4.50. The van der Waals surface area contributed by atoms with Crippen LogP contribution in [0.25, 0.3) is 16.6 Å². The topological polar surface area (TPSA) is 118 Å². The molecule has 0 saturated heterocycles. The second kappa shape index (κ2) is 5.08. The summed E-state index contributed by atoms with van der Waals surface area (Å²) in [7, 11) is -4.45. The molecule has 0 spiro atoms. The molecule has 1 fully saturated rings. The van der Waals surface area contributed by atoms with Gasteiger partial charge in [-0.05, 0) is 42.3 Å². The first-order valence-electron chi connectivity index (χ1n) is 7.44. The van der Waals surface area contributed by atoms with Crippen molar-refractivity contribution in [2.45, 2.75) is 12.8 Å². The Morgan fingerprint density at radius 3 is 3.00 bits per heavy atom. The number of nitrogens with zero attached hydrogens (tertiary/aromatic N) is 1. The van der Waals surface area contributed by atoms with E-state index in [9.17, 15) is 13.4 Å². The Morgan fingerprint density at radius 2 is 2.26 bits per heavy atom. The van der Waals surface area contributed by atoms with Gasteiger partial charge in [-0.1, -0.05) is 0 Å². The van der Waals surface area contributed by atoms with Crippen LogP contribution in [-0.2, 0) is 10.0 Å². The minimum Gasteiger partial charge on any atom is -0.531 e. The number of sulfonamides is 1. The van der Waals surface area contributed by atoms with Crippen LogP contribution in [0, 0.1) is 11.8 Å². The number of aromatic amines is 1. The second-order valence-electron chi connectivity index (χ2n) is 6.23. The van der Waals surface area contributed by atoms with Gasteiger partial charge in [-0.3, -0.25) is 0 Å². The molecule has 0 amide bonds. The first kappa shape index (κ1) is 14.7. The van der Waals surface area contributed by atoms with Gasteiger partial charge in [0, 0.05) is 17.1 Å². The van der Waals surface area contributed by atoms with E-state index in [1.807, 2.05) is 12.3 Å². The molecule has 0 unspecified atom stereocenters. The predicted molar refractivity (Wildman–Crippen MR) is 86.9 cm³/mol. The molecular weight excluding hydrogens is 317 g/mol. The fraction of sp³-hybridized carbons (Fsp3) is 0.357. The predicted octanol–water partition coefficient (Wildman–Crippen LogP) is 0.673. The van der Waals surface area contributed by atoms with Gasteiger partial charge in [0.2, 0.25) is 10.0 Å². The summed E-state index contributed by atoms with van der Waals surface area (Å²) in [6.07, 6.45) is 4.89. The molecule has 2 aliphatic rings. The number of primary sulfonamides is 1. The van der Waals surface area contributed by atoms with Crippen molar-refractivity contribution in [3.05, 3.63) is 30.0 Å². The summed E-state index contributed by atoms with van der Waals surface area (Å²) in [4.78, 5) is 7.34. The van der Waals surface area contributed by atoms with Crippen molar-refractivity contribution in [1.82, 2.24) is 9.97 Å². The lowest BCUT2D eigenvalue weighted by Crippen LogP contribution is -2.35. The summed E-state index contributed by atoms with van der Waals surface area (Å²) in [5.41, 5.74) is 2.69. The first-order valence-corrected chi connectivity index (χ1v) is 9.15. The van der Waals surface area contributed by atoms with Gasteiger partial charge in [-0.2, -0.15) is 0 Å².